The SMILES string of the molecule is COc1cc(/C=C2/SC(=Nc3ccccc3)NC2=O)ccc1OCc1ccc(Cl)cc1. The molecule has 4 rings (SSSR count). The molecule has 0 unspecified atom stereocenters. The van der Waals surface area contributed by atoms with E-state index in [-0.39, 0.29) is 5.91 Å². The topological polar surface area (TPSA) is 59.9 Å². The summed E-state index contributed by atoms with van der Waals surface area (Å²) in [5.74, 6) is 1.03. The van der Waals surface area contributed by atoms with Crippen molar-refractivity contribution in [2.75, 3.05) is 7.11 Å². The Balaban J connectivity index is 1.48. The number of amides is 1. The van der Waals surface area contributed by atoms with Gasteiger partial charge in [-0.2, -0.15) is 0 Å². The first-order valence-corrected chi connectivity index (χ1v) is 10.7. The second-order valence-corrected chi connectivity index (χ2v) is 8.11. The third-order valence-electron chi connectivity index (χ3n) is 4.43. The van der Waals surface area contributed by atoms with Gasteiger partial charge < -0.3 is 14.8 Å². The van der Waals surface area contributed by atoms with E-state index in [1.54, 1.807) is 13.2 Å². The summed E-state index contributed by atoms with van der Waals surface area (Å²) in [4.78, 5) is 17.4. The predicted molar refractivity (Wildman–Crippen MR) is 126 cm³/mol. The summed E-state index contributed by atoms with van der Waals surface area (Å²) in [6.45, 7) is 0.394. The van der Waals surface area contributed by atoms with Gasteiger partial charge in [0, 0.05) is 5.02 Å². The zero-order chi connectivity index (χ0) is 21.6. The van der Waals surface area contributed by atoms with Gasteiger partial charge in [-0.25, -0.2) is 4.99 Å². The molecular weight excluding hydrogens is 432 g/mol. The maximum absolute atomic E-state index is 12.3. The van der Waals surface area contributed by atoms with Crippen molar-refractivity contribution in [1.29, 1.82) is 0 Å². The molecule has 0 radical (unpaired) electrons. The van der Waals surface area contributed by atoms with Crippen molar-refractivity contribution >= 4 is 46.2 Å². The highest BCUT2D eigenvalue weighted by Gasteiger charge is 2.24. The third-order valence-corrected chi connectivity index (χ3v) is 5.59. The first kappa shape index (κ1) is 21.0. The van der Waals surface area contributed by atoms with Gasteiger partial charge in [0.1, 0.15) is 6.61 Å². The van der Waals surface area contributed by atoms with Crippen molar-refractivity contribution in [3.8, 4) is 11.5 Å². The van der Waals surface area contributed by atoms with Crippen LogP contribution in [-0.2, 0) is 11.4 Å². The van der Waals surface area contributed by atoms with Crippen molar-refractivity contribution in [3.05, 3.63) is 93.9 Å². The molecule has 31 heavy (non-hydrogen) atoms. The fourth-order valence-corrected chi connectivity index (χ4v) is 3.85. The van der Waals surface area contributed by atoms with Crippen LogP contribution in [0.15, 0.2) is 82.7 Å². The van der Waals surface area contributed by atoms with Crippen LogP contribution in [0.3, 0.4) is 0 Å². The van der Waals surface area contributed by atoms with Gasteiger partial charge in [-0.05, 0) is 65.4 Å². The number of methoxy groups -OCH3 is 1. The molecular formula is C24H19ClN2O3S. The van der Waals surface area contributed by atoms with Crippen LogP contribution in [0, 0.1) is 0 Å². The first-order valence-electron chi connectivity index (χ1n) is 9.50. The van der Waals surface area contributed by atoms with E-state index in [0.717, 1.165) is 16.8 Å². The highest BCUT2D eigenvalue weighted by atomic mass is 35.5. The predicted octanol–water partition coefficient (Wildman–Crippen LogP) is 5.82. The van der Waals surface area contributed by atoms with Crippen LogP contribution >= 0.6 is 23.4 Å². The molecule has 1 fully saturated rings. The van der Waals surface area contributed by atoms with E-state index in [2.05, 4.69) is 10.3 Å². The maximum atomic E-state index is 12.3. The lowest BCUT2D eigenvalue weighted by Gasteiger charge is -2.11. The highest BCUT2D eigenvalue weighted by molar-refractivity contribution is 8.18. The van der Waals surface area contributed by atoms with Gasteiger partial charge in [0.15, 0.2) is 16.7 Å². The zero-order valence-electron chi connectivity index (χ0n) is 16.7. The van der Waals surface area contributed by atoms with Crippen LogP contribution in [0.25, 0.3) is 6.08 Å². The highest BCUT2D eigenvalue weighted by Crippen LogP contribution is 2.32. The number of hydrogen-bond acceptors (Lipinski definition) is 5. The fraction of sp³-hybridized carbons (Fsp3) is 0.0833. The first-order chi connectivity index (χ1) is 15.1. The van der Waals surface area contributed by atoms with Gasteiger partial charge >= 0.3 is 0 Å². The third kappa shape index (κ3) is 5.48. The minimum atomic E-state index is -0.179. The quantitative estimate of drug-likeness (QED) is 0.481. The Labute approximate surface area is 189 Å². The van der Waals surface area contributed by atoms with E-state index in [4.69, 9.17) is 21.1 Å². The lowest BCUT2D eigenvalue weighted by atomic mass is 10.2. The number of para-hydroxylation sites is 1. The Hall–Kier alpha value is -3.22. The molecule has 1 N–H and O–H groups in total. The number of nitrogens with zero attached hydrogens (tertiary/aromatic N) is 1. The summed E-state index contributed by atoms with van der Waals surface area (Å²) < 4.78 is 11.4. The zero-order valence-corrected chi connectivity index (χ0v) is 18.2. The number of ether oxygens (including phenoxy) is 2. The molecule has 3 aromatic carbocycles. The number of carbonyl (C=O) groups is 1. The van der Waals surface area contributed by atoms with E-state index in [9.17, 15) is 4.79 Å². The molecule has 5 nitrogen and oxygen atoms in total. The summed E-state index contributed by atoms with van der Waals surface area (Å²) in [6, 6.07) is 22.5. The second-order valence-electron chi connectivity index (χ2n) is 6.64. The molecule has 1 saturated heterocycles. The van der Waals surface area contributed by atoms with Gasteiger partial charge in [0.05, 0.1) is 17.7 Å². The molecule has 0 spiro atoms. The van der Waals surface area contributed by atoms with E-state index in [1.807, 2.05) is 72.8 Å². The lowest BCUT2D eigenvalue weighted by Crippen LogP contribution is -2.19. The molecule has 0 aromatic heterocycles. The molecule has 156 valence electrons. The van der Waals surface area contributed by atoms with Crippen LogP contribution in [0.5, 0.6) is 11.5 Å². The second kappa shape index (κ2) is 9.73. The summed E-state index contributed by atoms with van der Waals surface area (Å²) in [7, 11) is 1.59. The van der Waals surface area contributed by atoms with Crippen molar-refractivity contribution in [1.82, 2.24) is 5.32 Å². The molecule has 0 aliphatic carbocycles. The number of aliphatic imine (C=N–C) groups is 1. The van der Waals surface area contributed by atoms with Crippen LogP contribution in [0.4, 0.5) is 5.69 Å². The fourth-order valence-electron chi connectivity index (χ4n) is 2.89. The molecule has 7 heteroatoms. The van der Waals surface area contributed by atoms with Crippen molar-refractivity contribution in [2.24, 2.45) is 4.99 Å². The molecule has 0 bridgehead atoms. The number of amidine groups is 1. The van der Waals surface area contributed by atoms with E-state index < -0.39 is 0 Å². The van der Waals surface area contributed by atoms with Crippen LogP contribution in [0.1, 0.15) is 11.1 Å². The normalized spacial score (nSPS) is 15.9. The molecule has 1 heterocycles. The van der Waals surface area contributed by atoms with E-state index >= 15 is 0 Å². The Morgan fingerprint density at radius 3 is 2.55 bits per heavy atom. The van der Waals surface area contributed by atoms with E-state index in [0.29, 0.717) is 33.2 Å². The number of thioether (sulfide) groups is 1. The summed E-state index contributed by atoms with van der Waals surface area (Å²) >= 11 is 7.22. The van der Waals surface area contributed by atoms with Crippen molar-refractivity contribution < 1.29 is 14.3 Å². The van der Waals surface area contributed by atoms with Gasteiger partial charge in [0.2, 0.25) is 0 Å². The molecule has 0 saturated carbocycles. The van der Waals surface area contributed by atoms with Crippen LogP contribution in [-0.4, -0.2) is 18.2 Å². The minimum absolute atomic E-state index is 0.179. The maximum Gasteiger partial charge on any atom is 0.264 e. The number of benzene rings is 3. The minimum Gasteiger partial charge on any atom is -0.493 e. The number of halogens is 1. The molecule has 3 aromatic rings. The Morgan fingerprint density at radius 2 is 1.81 bits per heavy atom. The van der Waals surface area contributed by atoms with Gasteiger partial charge in [-0.3, -0.25) is 4.79 Å². The average molecular weight is 451 g/mol. The van der Waals surface area contributed by atoms with Crippen molar-refractivity contribution in [3.63, 3.8) is 0 Å². The molecule has 1 aliphatic rings. The summed E-state index contributed by atoms with van der Waals surface area (Å²) in [5.41, 5.74) is 2.62. The average Bonchev–Trinajstić information content (AvgIpc) is 3.13. The number of hydrogen-bond donors (Lipinski definition) is 1. The molecule has 1 aliphatic heterocycles. The summed E-state index contributed by atoms with van der Waals surface area (Å²) in [6.07, 6.45) is 1.80. The number of carbonyl (C=O) groups excluding carboxylic acids is 1. The Bertz CT molecular complexity index is 1150. The Morgan fingerprint density at radius 1 is 1.03 bits per heavy atom. The molecule has 0 atom stereocenters. The lowest BCUT2D eigenvalue weighted by molar-refractivity contribution is -0.115. The monoisotopic (exact) mass is 450 g/mol. The standard InChI is InChI=1S/C24H19ClN2O3S/c1-29-21-13-17(9-12-20(21)30-15-16-7-10-18(25)11-8-16)14-22-23(28)27-24(31-22)26-19-5-3-2-4-6-19/h2-14H,15H2,1H3,(H,26,27,28)/b22-14+. The smallest absolute Gasteiger partial charge is 0.264 e. The van der Waals surface area contributed by atoms with Crippen LogP contribution < -0.4 is 14.8 Å². The number of rotatable bonds is 6. The van der Waals surface area contributed by atoms with Crippen LogP contribution in [0.2, 0.25) is 5.02 Å². The molecule has 1 amide bonds. The largest absolute Gasteiger partial charge is 0.493 e. The number of nitrogens with one attached hydrogen (secondary N) is 1. The summed E-state index contributed by atoms with van der Waals surface area (Å²) in [5, 5.41) is 4.03. The Kier molecular flexibility index (Phi) is 6.60. The van der Waals surface area contributed by atoms with Gasteiger partial charge in [0.25, 0.3) is 5.91 Å². The van der Waals surface area contributed by atoms with Gasteiger partial charge in [-0.15, -0.1) is 0 Å². The van der Waals surface area contributed by atoms with Crippen molar-refractivity contribution in [2.45, 2.75) is 6.61 Å². The van der Waals surface area contributed by atoms with E-state index in [1.165, 1.54) is 11.8 Å². The van der Waals surface area contributed by atoms with Gasteiger partial charge in [-0.1, -0.05) is 48.0 Å².